The molecule has 1 aliphatic heterocycles. The summed E-state index contributed by atoms with van der Waals surface area (Å²) in [4.78, 5) is 0. The van der Waals surface area contributed by atoms with Gasteiger partial charge in [0.1, 0.15) is 37.1 Å². The number of nitrogens with zero attached hydrogens (tertiary/aromatic N) is 1. The summed E-state index contributed by atoms with van der Waals surface area (Å²) in [6, 6.07) is 0. The lowest BCUT2D eigenvalue weighted by Crippen LogP contribution is -3.00. The Hall–Kier alpha value is -0.0300. The second-order valence-electron chi connectivity index (χ2n) is 16.6. The Kier molecular flexibility index (Phi) is 35.4. The molecule has 0 bridgehead atoms. The van der Waals surface area contributed by atoms with Crippen LogP contribution in [0.2, 0.25) is 0 Å². The summed E-state index contributed by atoms with van der Waals surface area (Å²) < 4.78 is 18.1. The Balaban J connectivity index is 0.0000260. The van der Waals surface area contributed by atoms with Crippen LogP contribution in [0.4, 0.5) is 0 Å². The SMILES string of the molecule is CCCCCCCCCCCCCCCCCCO[C@@H]1O[C@H](COCC(O)C[N+](C)(C)CCCCCCCCCCCCCC)[C@@H](O)[C@H](O)[C@H]1O.[Cl-]. The van der Waals surface area contributed by atoms with Gasteiger partial charge in [0.2, 0.25) is 0 Å². The van der Waals surface area contributed by atoms with E-state index in [9.17, 15) is 20.4 Å². The van der Waals surface area contributed by atoms with Crippen molar-refractivity contribution < 1.29 is 51.5 Å². The first kappa shape index (κ1) is 52.0. The molecular weight excluding hydrogens is 678 g/mol. The van der Waals surface area contributed by atoms with Crippen LogP contribution < -0.4 is 12.4 Å². The van der Waals surface area contributed by atoms with Crippen LogP contribution in [-0.2, 0) is 14.2 Å². The van der Waals surface area contributed by atoms with Gasteiger partial charge in [0.25, 0.3) is 0 Å². The molecule has 9 heteroatoms. The van der Waals surface area contributed by atoms with Crippen LogP contribution in [0.5, 0.6) is 0 Å². The van der Waals surface area contributed by atoms with E-state index >= 15 is 0 Å². The first-order valence-corrected chi connectivity index (χ1v) is 22.1. The highest BCUT2D eigenvalue weighted by atomic mass is 35.5. The predicted molar refractivity (Wildman–Crippen MR) is 212 cm³/mol. The van der Waals surface area contributed by atoms with E-state index in [-0.39, 0.29) is 25.6 Å². The molecule has 6 atom stereocenters. The van der Waals surface area contributed by atoms with Gasteiger partial charge in [-0.15, -0.1) is 0 Å². The lowest BCUT2D eigenvalue weighted by atomic mass is 9.99. The van der Waals surface area contributed by atoms with Crippen LogP contribution >= 0.6 is 0 Å². The van der Waals surface area contributed by atoms with Crippen molar-refractivity contribution in [3.05, 3.63) is 0 Å². The summed E-state index contributed by atoms with van der Waals surface area (Å²) in [5.41, 5.74) is 0. The third-order valence-electron chi connectivity index (χ3n) is 10.9. The average Bonchev–Trinajstić information content (AvgIpc) is 3.10. The summed E-state index contributed by atoms with van der Waals surface area (Å²) in [6.45, 7) is 6.70. The normalized spacial score (nSPS) is 21.3. The zero-order valence-electron chi connectivity index (χ0n) is 34.6. The van der Waals surface area contributed by atoms with Crippen molar-refractivity contribution >= 4 is 0 Å². The molecule has 4 N–H and O–H groups in total. The average molecular weight is 767 g/mol. The number of likely N-dealkylation sites (N-methyl/N-ethyl adjacent to an activating group) is 1. The van der Waals surface area contributed by atoms with Crippen LogP contribution in [0.1, 0.15) is 194 Å². The highest BCUT2D eigenvalue weighted by Crippen LogP contribution is 2.23. The van der Waals surface area contributed by atoms with E-state index in [2.05, 4.69) is 27.9 Å². The van der Waals surface area contributed by atoms with Gasteiger partial charge in [-0.25, -0.2) is 0 Å². The molecule has 0 spiro atoms. The number of ether oxygens (including phenoxy) is 3. The Morgan fingerprint density at radius 1 is 0.538 bits per heavy atom. The number of hydrogen-bond donors (Lipinski definition) is 4. The van der Waals surface area contributed by atoms with Crippen LogP contribution in [0, 0.1) is 0 Å². The maximum Gasteiger partial charge on any atom is 0.186 e. The third-order valence-corrected chi connectivity index (χ3v) is 10.9. The zero-order chi connectivity index (χ0) is 37.4. The van der Waals surface area contributed by atoms with Crippen molar-refractivity contribution in [3.63, 3.8) is 0 Å². The Morgan fingerprint density at radius 3 is 1.35 bits per heavy atom. The van der Waals surface area contributed by atoms with Gasteiger partial charge >= 0.3 is 0 Å². The lowest BCUT2D eigenvalue weighted by molar-refractivity contribution is -0.893. The molecule has 314 valence electrons. The Morgan fingerprint density at radius 2 is 0.923 bits per heavy atom. The van der Waals surface area contributed by atoms with Crippen molar-refractivity contribution in [1.29, 1.82) is 0 Å². The third kappa shape index (κ3) is 28.4. The fourth-order valence-electron chi connectivity index (χ4n) is 7.46. The van der Waals surface area contributed by atoms with Gasteiger partial charge in [0.05, 0.1) is 33.9 Å². The van der Waals surface area contributed by atoms with Gasteiger partial charge in [-0.3, -0.25) is 0 Å². The maximum absolute atomic E-state index is 10.7. The molecule has 1 heterocycles. The van der Waals surface area contributed by atoms with Gasteiger partial charge < -0.3 is 51.5 Å². The molecule has 0 aromatic heterocycles. The van der Waals surface area contributed by atoms with Crippen molar-refractivity contribution in [2.24, 2.45) is 0 Å². The van der Waals surface area contributed by atoms with E-state index in [1.165, 1.54) is 161 Å². The molecule has 0 saturated carbocycles. The minimum atomic E-state index is -1.38. The van der Waals surface area contributed by atoms with Crippen LogP contribution in [-0.4, -0.2) is 109 Å². The van der Waals surface area contributed by atoms with E-state index in [4.69, 9.17) is 14.2 Å². The first-order chi connectivity index (χ1) is 24.7. The summed E-state index contributed by atoms with van der Waals surface area (Å²) in [5, 5.41) is 42.1. The second-order valence-corrected chi connectivity index (χ2v) is 16.6. The van der Waals surface area contributed by atoms with Crippen LogP contribution in [0.3, 0.4) is 0 Å². The number of hydrogen-bond acceptors (Lipinski definition) is 7. The summed E-state index contributed by atoms with van der Waals surface area (Å²) in [5.74, 6) is 0. The Bertz CT molecular complexity index is 748. The number of rotatable bonds is 37. The van der Waals surface area contributed by atoms with E-state index in [1.54, 1.807) is 0 Å². The molecule has 0 amide bonds. The zero-order valence-corrected chi connectivity index (χ0v) is 35.4. The van der Waals surface area contributed by atoms with E-state index in [1.807, 2.05) is 0 Å². The fraction of sp³-hybridized carbons (Fsp3) is 1.00. The number of aliphatic hydroxyl groups is 4. The monoisotopic (exact) mass is 766 g/mol. The van der Waals surface area contributed by atoms with Crippen molar-refractivity contribution in [1.82, 2.24) is 0 Å². The smallest absolute Gasteiger partial charge is 0.186 e. The molecule has 1 saturated heterocycles. The number of quaternary nitrogens is 1. The van der Waals surface area contributed by atoms with Crippen molar-refractivity contribution in [2.45, 2.75) is 230 Å². The molecule has 0 aromatic carbocycles. The summed E-state index contributed by atoms with van der Waals surface area (Å²) in [7, 11) is 4.30. The molecule has 1 aliphatic rings. The van der Waals surface area contributed by atoms with Crippen molar-refractivity contribution in [2.75, 3.05) is 47.0 Å². The molecule has 1 rings (SSSR count). The quantitative estimate of drug-likeness (QED) is 0.0439. The van der Waals surface area contributed by atoms with E-state index < -0.39 is 36.8 Å². The van der Waals surface area contributed by atoms with E-state index in [0.29, 0.717) is 13.2 Å². The molecule has 8 nitrogen and oxygen atoms in total. The van der Waals surface area contributed by atoms with Crippen LogP contribution in [0.15, 0.2) is 0 Å². The molecule has 0 aromatic rings. The largest absolute Gasteiger partial charge is 1.00 e. The molecule has 52 heavy (non-hydrogen) atoms. The minimum absolute atomic E-state index is 0. The molecular formula is C43H88ClNO7. The fourth-order valence-corrected chi connectivity index (χ4v) is 7.46. The standard InChI is InChI=1S/C43H88NO7.ClH/c1-5-7-9-11-13-15-17-19-20-21-22-24-26-28-30-32-34-50-43-42(48)41(47)40(46)39(51-43)37-49-36-38(45)35-44(3,4)33-31-29-27-25-23-18-16-14-12-10-8-6-2;/h38-43,45-48H,5-37H2,1-4H3;1H/q+1;/p-1/t38?,39-,40-,41+,42-,43-;/m1./s1. The van der Waals surface area contributed by atoms with E-state index in [0.717, 1.165) is 30.3 Å². The summed E-state index contributed by atoms with van der Waals surface area (Å²) >= 11 is 0. The van der Waals surface area contributed by atoms with Gasteiger partial charge in [-0.2, -0.15) is 0 Å². The second kappa shape index (κ2) is 35.4. The summed E-state index contributed by atoms with van der Waals surface area (Å²) in [6.07, 6.45) is 30.3. The number of aliphatic hydroxyl groups excluding tert-OH is 4. The van der Waals surface area contributed by atoms with Gasteiger partial charge in [0.15, 0.2) is 6.29 Å². The highest BCUT2D eigenvalue weighted by Gasteiger charge is 2.44. The molecule has 0 radical (unpaired) electrons. The maximum atomic E-state index is 10.7. The van der Waals surface area contributed by atoms with Crippen LogP contribution in [0.25, 0.3) is 0 Å². The Labute approximate surface area is 328 Å². The van der Waals surface area contributed by atoms with Crippen molar-refractivity contribution in [3.8, 4) is 0 Å². The first-order valence-electron chi connectivity index (χ1n) is 22.1. The van der Waals surface area contributed by atoms with Gasteiger partial charge in [-0.05, 0) is 19.3 Å². The highest BCUT2D eigenvalue weighted by molar-refractivity contribution is 4.89. The topological polar surface area (TPSA) is 109 Å². The predicted octanol–water partition coefficient (Wildman–Crippen LogP) is 6.23. The number of unbranched alkanes of at least 4 members (excludes halogenated alkanes) is 26. The number of halogens is 1. The minimum Gasteiger partial charge on any atom is -1.00 e. The van der Waals surface area contributed by atoms with Gasteiger partial charge in [0, 0.05) is 6.61 Å². The lowest BCUT2D eigenvalue weighted by Gasteiger charge is -2.40. The molecule has 1 unspecified atom stereocenters. The molecule has 1 fully saturated rings. The van der Waals surface area contributed by atoms with Gasteiger partial charge in [-0.1, -0.05) is 174 Å². The molecule has 0 aliphatic carbocycles.